The fourth-order valence-corrected chi connectivity index (χ4v) is 5.94. The number of hydrogen-bond acceptors (Lipinski definition) is 6. The number of halogens is 1. The van der Waals surface area contributed by atoms with Crippen LogP contribution in [0.25, 0.3) is 0 Å². The molecule has 216 valence electrons. The van der Waals surface area contributed by atoms with Gasteiger partial charge >= 0.3 is 0 Å². The van der Waals surface area contributed by atoms with E-state index in [4.69, 9.17) is 11.6 Å². The maximum absolute atomic E-state index is 13.8. The van der Waals surface area contributed by atoms with Gasteiger partial charge in [0.25, 0.3) is 5.91 Å². The zero-order chi connectivity index (χ0) is 29.1. The molecule has 10 heteroatoms. The van der Waals surface area contributed by atoms with Crippen molar-refractivity contribution in [2.45, 2.75) is 58.9 Å². The molecule has 0 aromatic heterocycles. The van der Waals surface area contributed by atoms with E-state index in [0.29, 0.717) is 42.3 Å². The van der Waals surface area contributed by atoms with Crippen LogP contribution in [-0.4, -0.2) is 59.0 Å². The number of amides is 3. The predicted octanol–water partition coefficient (Wildman–Crippen LogP) is 4.48. The lowest BCUT2D eigenvalue weighted by Gasteiger charge is -2.31. The fraction of sp³-hybridized carbons (Fsp3) is 0.419. The van der Waals surface area contributed by atoms with Gasteiger partial charge in [-0.05, 0) is 61.4 Å². The van der Waals surface area contributed by atoms with E-state index < -0.39 is 0 Å². The summed E-state index contributed by atoms with van der Waals surface area (Å²) in [5, 5.41) is 9.48. The molecule has 2 N–H and O–H groups in total. The average Bonchev–Trinajstić information content (AvgIpc) is 3.22. The number of carbonyl (C=O) groups is 3. The van der Waals surface area contributed by atoms with Gasteiger partial charge in [0.15, 0.2) is 0 Å². The summed E-state index contributed by atoms with van der Waals surface area (Å²) in [7, 11) is 1.82. The number of likely N-dealkylation sites (tertiary alicyclic amines) is 1. The third-order valence-corrected chi connectivity index (χ3v) is 8.39. The molecule has 0 atom stereocenters. The highest BCUT2D eigenvalue weighted by Gasteiger charge is 2.32. The minimum atomic E-state index is -0.140. The maximum atomic E-state index is 13.8. The molecule has 0 unspecified atom stereocenters. The average molecular weight is 577 g/mol. The Labute approximate surface area is 246 Å². The number of hydrogen-bond donors (Lipinski definition) is 2. The number of carbonyl (C=O) groups excluding carboxylic acids is 3. The molecule has 0 spiro atoms. The van der Waals surface area contributed by atoms with Gasteiger partial charge in [0.2, 0.25) is 11.8 Å². The van der Waals surface area contributed by atoms with E-state index in [0.717, 1.165) is 66.0 Å². The number of aryl methyl sites for hydroxylation is 1. The van der Waals surface area contributed by atoms with E-state index in [9.17, 15) is 14.4 Å². The molecule has 0 bridgehead atoms. The minimum absolute atomic E-state index is 0.0221. The number of hydrazone groups is 1. The highest BCUT2D eigenvalue weighted by molar-refractivity contribution is 6.31. The van der Waals surface area contributed by atoms with Gasteiger partial charge in [0.05, 0.1) is 11.9 Å². The van der Waals surface area contributed by atoms with Crippen LogP contribution in [-0.2, 0) is 16.1 Å². The van der Waals surface area contributed by atoms with Crippen LogP contribution in [0, 0.1) is 12.8 Å². The number of nitrogens with zero attached hydrogens (tertiary/aromatic N) is 4. The molecule has 41 heavy (non-hydrogen) atoms. The Morgan fingerprint density at radius 3 is 2.71 bits per heavy atom. The number of piperidine rings is 1. The molecule has 1 aromatic carbocycles. The standard InChI is InChI=1S/C31H37ClN6O3/c1-4-29(40)37-12-9-21(10-13-37)6-8-28(39)33-18-22-5-7-25(20(2)15-22)31(41)38-14-11-24(32)17-26-27(38)16-23-19-34-36(3)35-30(23)26/h5,7,11,14-15,17,19,21,35H,4,6,8-10,12-13,16,18H2,1-3H3,(H,33,39). The van der Waals surface area contributed by atoms with Crippen molar-refractivity contribution in [2.24, 2.45) is 11.0 Å². The molecular weight excluding hydrogens is 540 g/mol. The first kappa shape index (κ1) is 28.7. The van der Waals surface area contributed by atoms with Crippen LogP contribution >= 0.6 is 11.6 Å². The first-order valence-electron chi connectivity index (χ1n) is 14.3. The molecule has 4 aliphatic rings. The van der Waals surface area contributed by atoms with Crippen molar-refractivity contribution in [3.63, 3.8) is 0 Å². The van der Waals surface area contributed by atoms with E-state index in [2.05, 4.69) is 15.8 Å². The Kier molecular flexibility index (Phi) is 8.63. The van der Waals surface area contributed by atoms with E-state index in [1.165, 1.54) is 0 Å². The minimum Gasteiger partial charge on any atom is -0.352 e. The third-order valence-electron chi connectivity index (χ3n) is 8.15. The second-order valence-corrected chi connectivity index (χ2v) is 11.4. The third kappa shape index (κ3) is 6.40. The Balaban J connectivity index is 1.17. The number of benzene rings is 1. The second kappa shape index (κ2) is 12.3. The van der Waals surface area contributed by atoms with Crippen LogP contribution in [0.4, 0.5) is 0 Å². The molecule has 1 aliphatic carbocycles. The van der Waals surface area contributed by atoms with Crippen molar-refractivity contribution >= 4 is 35.5 Å². The second-order valence-electron chi connectivity index (χ2n) is 11.0. The van der Waals surface area contributed by atoms with Gasteiger partial charge in [-0.3, -0.25) is 24.7 Å². The van der Waals surface area contributed by atoms with E-state index in [-0.39, 0.29) is 17.7 Å². The van der Waals surface area contributed by atoms with E-state index >= 15 is 0 Å². The quantitative estimate of drug-likeness (QED) is 0.499. The SMILES string of the molecule is CCC(=O)N1CCC(CCC(=O)NCc2ccc(C(=O)N3C=CC(Cl)=CC4=C3CC3=C4NN(C)N=C3)c(C)c2)CC1. The molecule has 1 aromatic rings. The topological polar surface area (TPSA) is 97.3 Å². The van der Waals surface area contributed by atoms with E-state index in [1.54, 1.807) is 28.5 Å². The molecular formula is C31H37ClN6O3. The summed E-state index contributed by atoms with van der Waals surface area (Å²) in [6.07, 6.45) is 11.5. The summed E-state index contributed by atoms with van der Waals surface area (Å²) in [6, 6.07) is 5.68. The van der Waals surface area contributed by atoms with Crippen LogP contribution in [0.15, 0.2) is 69.2 Å². The fourth-order valence-electron chi connectivity index (χ4n) is 5.78. The number of fused-ring (bicyclic) bond motifs is 1. The number of rotatable bonds is 7. The van der Waals surface area contributed by atoms with Gasteiger partial charge in [-0.2, -0.15) is 5.10 Å². The molecule has 3 heterocycles. The van der Waals surface area contributed by atoms with Gasteiger partial charge in [0, 0.05) is 79.6 Å². The van der Waals surface area contributed by atoms with Crippen molar-refractivity contribution in [2.75, 3.05) is 20.1 Å². The first-order chi connectivity index (χ1) is 19.7. The molecule has 3 amide bonds. The zero-order valence-electron chi connectivity index (χ0n) is 23.9. The van der Waals surface area contributed by atoms with Crippen LogP contribution in [0.3, 0.4) is 0 Å². The predicted molar refractivity (Wildman–Crippen MR) is 159 cm³/mol. The Morgan fingerprint density at radius 1 is 1.20 bits per heavy atom. The number of hydrazine groups is 1. The van der Waals surface area contributed by atoms with Crippen LogP contribution in [0.2, 0.25) is 0 Å². The first-order valence-corrected chi connectivity index (χ1v) is 14.6. The van der Waals surface area contributed by atoms with Gasteiger partial charge in [0.1, 0.15) is 0 Å². The van der Waals surface area contributed by atoms with Gasteiger partial charge in [-0.15, -0.1) is 0 Å². The molecule has 0 saturated carbocycles. The Bertz CT molecular complexity index is 1400. The summed E-state index contributed by atoms with van der Waals surface area (Å²) in [4.78, 5) is 41.8. The van der Waals surface area contributed by atoms with Crippen molar-refractivity contribution < 1.29 is 14.4 Å². The molecule has 1 fully saturated rings. The maximum Gasteiger partial charge on any atom is 0.262 e. The summed E-state index contributed by atoms with van der Waals surface area (Å²) in [5.41, 5.74) is 9.23. The molecule has 9 nitrogen and oxygen atoms in total. The van der Waals surface area contributed by atoms with Gasteiger partial charge in [-0.25, -0.2) is 5.12 Å². The van der Waals surface area contributed by atoms with Crippen LogP contribution in [0.5, 0.6) is 0 Å². The smallest absolute Gasteiger partial charge is 0.262 e. The largest absolute Gasteiger partial charge is 0.352 e. The lowest BCUT2D eigenvalue weighted by atomic mass is 9.92. The monoisotopic (exact) mass is 576 g/mol. The van der Waals surface area contributed by atoms with Crippen LogP contribution < -0.4 is 10.7 Å². The van der Waals surface area contributed by atoms with Crippen molar-refractivity contribution in [1.29, 1.82) is 0 Å². The zero-order valence-corrected chi connectivity index (χ0v) is 24.6. The highest BCUT2D eigenvalue weighted by atomic mass is 35.5. The molecule has 3 aliphatic heterocycles. The highest BCUT2D eigenvalue weighted by Crippen LogP contribution is 2.38. The van der Waals surface area contributed by atoms with Crippen molar-refractivity contribution in [3.8, 4) is 0 Å². The van der Waals surface area contributed by atoms with Crippen LogP contribution in [0.1, 0.15) is 66.9 Å². The summed E-state index contributed by atoms with van der Waals surface area (Å²) >= 11 is 6.43. The summed E-state index contributed by atoms with van der Waals surface area (Å²) < 4.78 is 0. The van der Waals surface area contributed by atoms with Crippen molar-refractivity contribution in [1.82, 2.24) is 25.7 Å². The molecule has 5 rings (SSSR count). The lowest BCUT2D eigenvalue weighted by molar-refractivity contribution is -0.132. The van der Waals surface area contributed by atoms with Gasteiger partial charge < -0.3 is 10.2 Å². The Morgan fingerprint density at radius 2 is 1.98 bits per heavy atom. The number of nitrogens with one attached hydrogen (secondary N) is 2. The Hall–Kier alpha value is -3.85. The van der Waals surface area contributed by atoms with E-state index in [1.807, 2.05) is 50.1 Å². The number of allylic oxidation sites excluding steroid dienone is 4. The summed E-state index contributed by atoms with van der Waals surface area (Å²) in [5.74, 6) is 0.574. The lowest BCUT2D eigenvalue weighted by Crippen LogP contribution is -2.38. The van der Waals surface area contributed by atoms with Gasteiger partial charge in [-0.1, -0.05) is 30.7 Å². The molecule has 0 radical (unpaired) electrons. The summed E-state index contributed by atoms with van der Waals surface area (Å²) in [6.45, 7) is 5.80. The molecule has 1 saturated heterocycles. The van der Waals surface area contributed by atoms with Crippen molar-refractivity contribution in [3.05, 3.63) is 80.8 Å². The normalized spacial score (nSPS) is 18.6.